The third kappa shape index (κ3) is 3.95. The summed E-state index contributed by atoms with van der Waals surface area (Å²) in [5.74, 6) is 0.498. The minimum Gasteiger partial charge on any atom is -0.348 e. The van der Waals surface area contributed by atoms with E-state index in [2.05, 4.69) is 22.1 Å². The van der Waals surface area contributed by atoms with Crippen LogP contribution in [-0.2, 0) is 16.0 Å². The van der Waals surface area contributed by atoms with Gasteiger partial charge in [0.15, 0.2) is 0 Å². The van der Waals surface area contributed by atoms with Gasteiger partial charge in [0, 0.05) is 51.1 Å². The van der Waals surface area contributed by atoms with Gasteiger partial charge in [0.25, 0.3) is 0 Å². The Morgan fingerprint density at radius 3 is 2.53 bits per heavy atom. The fourth-order valence-corrected chi connectivity index (χ4v) is 4.86. The summed E-state index contributed by atoms with van der Waals surface area (Å²) < 4.78 is 0. The average molecular weight is 407 g/mol. The Morgan fingerprint density at radius 2 is 1.87 bits per heavy atom. The van der Waals surface area contributed by atoms with Gasteiger partial charge in [-0.25, -0.2) is 9.97 Å². The van der Waals surface area contributed by atoms with Gasteiger partial charge in [-0.05, 0) is 43.2 Å². The van der Waals surface area contributed by atoms with Crippen molar-refractivity contribution in [3.8, 4) is 11.1 Å². The van der Waals surface area contributed by atoms with Crippen molar-refractivity contribution in [2.75, 3.05) is 27.2 Å². The largest absolute Gasteiger partial charge is 0.348 e. The minimum atomic E-state index is -0.604. The van der Waals surface area contributed by atoms with Crippen molar-refractivity contribution in [3.63, 3.8) is 0 Å². The van der Waals surface area contributed by atoms with Crippen LogP contribution in [0.2, 0.25) is 0 Å². The molecular weight excluding hydrogens is 376 g/mol. The Bertz CT molecular complexity index is 910. The molecule has 1 saturated heterocycles. The van der Waals surface area contributed by atoms with Gasteiger partial charge >= 0.3 is 0 Å². The van der Waals surface area contributed by atoms with Gasteiger partial charge in [0.2, 0.25) is 11.8 Å². The zero-order valence-electron chi connectivity index (χ0n) is 17.9. The highest BCUT2D eigenvalue weighted by Crippen LogP contribution is 2.39. The summed E-state index contributed by atoms with van der Waals surface area (Å²) in [5.41, 5.74) is 2.48. The molecule has 2 aliphatic rings. The van der Waals surface area contributed by atoms with E-state index < -0.39 is 5.41 Å². The lowest BCUT2D eigenvalue weighted by Gasteiger charge is -2.45. The molecule has 1 aromatic heterocycles. The zero-order valence-corrected chi connectivity index (χ0v) is 17.9. The molecule has 2 amide bonds. The van der Waals surface area contributed by atoms with Gasteiger partial charge < -0.3 is 9.80 Å². The number of rotatable bonds is 5. The van der Waals surface area contributed by atoms with Crippen molar-refractivity contribution >= 4 is 11.8 Å². The lowest BCUT2D eigenvalue weighted by atomic mass is 9.72. The summed E-state index contributed by atoms with van der Waals surface area (Å²) in [6.45, 7) is 1.25. The summed E-state index contributed by atoms with van der Waals surface area (Å²) >= 11 is 0. The molecule has 0 bridgehead atoms. The maximum atomic E-state index is 13.5. The number of carbonyl (C=O) groups excluding carboxylic acids is 2. The summed E-state index contributed by atoms with van der Waals surface area (Å²) in [7, 11) is 3.63. The second kappa shape index (κ2) is 8.54. The lowest BCUT2D eigenvalue weighted by Crippen LogP contribution is -2.55. The number of hydrogen-bond donors (Lipinski definition) is 0. The summed E-state index contributed by atoms with van der Waals surface area (Å²) in [6, 6.07) is 8.15. The van der Waals surface area contributed by atoms with Gasteiger partial charge in [0.1, 0.15) is 6.33 Å². The third-order valence-electron chi connectivity index (χ3n) is 6.62. The number of aromatic nitrogens is 2. The SMILES string of the molecule is CN(C)C(=O)C1(Cc2ccccc2-c2cncnc2)CCCN(C(=O)C2CCC2)C1. The maximum absolute atomic E-state index is 13.5. The number of piperidine rings is 1. The first-order valence-corrected chi connectivity index (χ1v) is 10.8. The predicted molar refractivity (Wildman–Crippen MR) is 115 cm³/mol. The Labute approximate surface area is 178 Å². The summed E-state index contributed by atoms with van der Waals surface area (Å²) in [6.07, 6.45) is 10.5. The normalized spacial score (nSPS) is 21.7. The Balaban J connectivity index is 1.67. The monoisotopic (exact) mass is 406 g/mol. The van der Waals surface area contributed by atoms with E-state index in [4.69, 9.17) is 0 Å². The van der Waals surface area contributed by atoms with E-state index >= 15 is 0 Å². The molecule has 2 heterocycles. The highest BCUT2D eigenvalue weighted by atomic mass is 16.2. The van der Waals surface area contributed by atoms with Crippen molar-refractivity contribution in [1.29, 1.82) is 0 Å². The molecule has 1 atom stereocenters. The standard InChI is InChI=1S/C24H30N4O2/c1-27(2)23(30)24(11-6-12-28(16-24)22(29)18-8-5-9-18)13-19-7-3-4-10-21(19)20-14-25-17-26-15-20/h3-4,7,10,14-15,17-18H,5-6,8-9,11-13,16H2,1-2H3. The van der Waals surface area contributed by atoms with Crippen LogP contribution in [0.4, 0.5) is 0 Å². The molecule has 0 N–H and O–H groups in total. The first kappa shape index (κ1) is 20.5. The molecule has 0 spiro atoms. The molecule has 6 nitrogen and oxygen atoms in total. The molecule has 0 radical (unpaired) electrons. The maximum Gasteiger partial charge on any atom is 0.230 e. The number of benzene rings is 1. The zero-order chi connectivity index (χ0) is 21.1. The van der Waals surface area contributed by atoms with Gasteiger partial charge in [-0.3, -0.25) is 9.59 Å². The molecule has 2 aromatic rings. The molecule has 1 aliphatic heterocycles. The quantitative estimate of drug-likeness (QED) is 0.765. The van der Waals surface area contributed by atoms with Crippen LogP contribution in [0.3, 0.4) is 0 Å². The molecule has 6 heteroatoms. The summed E-state index contributed by atoms with van der Waals surface area (Å²) in [5, 5.41) is 0. The van der Waals surface area contributed by atoms with Crippen molar-refractivity contribution in [3.05, 3.63) is 48.5 Å². The van der Waals surface area contributed by atoms with Crippen LogP contribution in [-0.4, -0.2) is 58.8 Å². The Hall–Kier alpha value is -2.76. The lowest BCUT2D eigenvalue weighted by molar-refractivity contribution is -0.150. The predicted octanol–water partition coefficient (Wildman–Crippen LogP) is 3.18. The van der Waals surface area contributed by atoms with Gasteiger partial charge in [-0.15, -0.1) is 0 Å². The molecule has 2 fully saturated rings. The van der Waals surface area contributed by atoms with Gasteiger partial charge in [-0.2, -0.15) is 0 Å². The molecule has 4 rings (SSSR count). The van der Waals surface area contributed by atoms with Gasteiger partial charge in [0.05, 0.1) is 5.41 Å². The molecule has 158 valence electrons. The second-order valence-corrected chi connectivity index (χ2v) is 8.93. The minimum absolute atomic E-state index is 0.104. The van der Waals surface area contributed by atoms with E-state index in [1.165, 1.54) is 6.33 Å². The first-order valence-electron chi connectivity index (χ1n) is 10.8. The number of hydrogen-bond acceptors (Lipinski definition) is 4. The number of likely N-dealkylation sites (tertiary alicyclic amines) is 1. The van der Waals surface area contributed by atoms with E-state index in [0.717, 1.165) is 55.3 Å². The molecule has 30 heavy (non-hydrogen) atoms. The van der Waals surface area contributed by atoms with Crippen LogP contribution in [0.5, 0.6) is 0 Å². The third-order valence-corrected chi connectivity index (χ3v) is 6.62. The second-order valence-electron chi connectivity index (χ2n) is 8.93. The van der Waals surface area contributed by atoms with Crippen molar-refractivity contribution in [2.24, 2.45) is 11.3 Å². The molecule has 1 unspecified atom stereocenters. The topological polar surface area (TPSA) is 66.4 Å². The van der Waals surface area contributed by atoms with Crippen molar-refractivity contribution in [2.45, 2.75) is 38.5 Å². The molecule has 1 aliphatic carbocycles. The van der Waals surface area contributed by atoms with Crippen LogP contribution in [0, 0.1) is 11.3 Å². The number of amides is 2. The smallest absolute Gasteiger partial charge is 0.230 e. The number of nitrogens with zero attached hydrogens (tertiary/aromatic N) is 4. The Kier molecular flexibility index (Phi) is 5.84. The molecular formula is C24H30N4O2. The van der Waals surface area contributed by atoms with Crippen LogP contribution < -0.4 is 0 Å². The first-order chi connectivity index (χ1) is 14.5. The van der Waals surface area contributed by atoms with Crippen molar-refractivity contribution in [1.82, 2.24) is 19.8 Å². The van der Waals surface area contributed by atoms with E-state index in [9.17, 15) is 9.59 Å². The van der Waals surface area contributed by atoms with Crippen LogP contribution in [0.15, 0.2) is 43.0 Å². The summed E-state index contributed by atoms with van der Waals surface area (Å²) in [4.78, 5) is 38.4. The Morgan fingerprint density at radius 1 is 1.13 bits per heavy atom. The molecule has 1 saturated carbocycles. The van der Waals surface area contributed by atoms with E-state index in [1.807, 2.05) is 31.1 Å². The number of carbonyl (C=O) groups is 2. The molecule has 1 aromatic carbocycles. The van der Waals surface area contributed by atoms with E-state index in [0.29, 0.717) is 13.0 Å². The highest BCUT2D eigenvalue weighted by Gasteiger charge is 2.45. The van der Waals surface area contributed by atoms with Crippen LogP contribution in [0.25, 0.3) is 11.1 Å². The van der Waals surface area contributed by atoms with Crippen molar-refractivity contribution < 1.29 is 9.59 Å². The van der Waals surface area contributed by atoms with Crippen LogP contribution in [0.1, 0.15) is 37.7 Å². The highest BCUT2D eigenvalue weighted by molar-refractivity contribution is 5.86. The van der Waals surface area contributed by atoms with E-state index in [-0.39, 0.29) is 17.7 Å². The van der Waals surface area contributed by atoms with E-state index in [1.54, 1.807) is 17.3 Å². The van der Waals surface area contributed by atoms with Gasteiger partial charge in [-0.1, -0.05) is 30.7 Å². The van der Waals surface area contributed by atoms with Crippen LogP contribution >= 0.6 is 0 Å². The average Bonchev–Trinajstić information content (AvgIpc) is 2.73. The fourth-order valence-electron chi connectivity index (χ4n) is 4.86. The fraction of sp³-hybridized carbons (Fsp3) is 0.500.